The number of fused-ring (bicyclic) bond motifs is 1. The first-order chi connectivity index (χ1) is 11.5. The van der Waals surface area contributed by atoms with Crippen molar-refractivity contribution in [2.75, 3.05) is 13.2 Å². The first-order valence-electron chi connectivity index (χ1n) is 9.34. The molecule has 0 saturated heterocycles. The molecule has 0 aliphatic heterocycles. The third-order valence-electron chi connectivity index (χ3n) is 5.82. The van der Waals surface area contributed by atoms with Crippen LogP contribution in [0.5, 0.6) is 5.75 Å². The van der Waals surface area contributed by atoms with Crippen LogP contribution in [0.1, 0.15) is 43.9 Å². The minimum absolute atomic E-state index is 0.136. The first-order valence-corrected chi connectivity index (χ1v) is 12.3. The molecule has 0 radical (unpaired) electrons. The molecule has 0 heterocycles. The molecule has 25 heavy (non-hydrogen) atoms. The molecule has 2 atom stereocenters. The van der Waals surface area contributed by atoms with Crippen LogP contribution in [0.2, 0.25) is 18.1 Å². The molecule has 0 spiro atoms. The van der Waals surface area contributed by atoms with Gasteiger partial charge in [0.2, 0.25) is 0 Å². The van der Waals surface area contributed by atoms with E-state index in [0.717, 1.165) is 18.6 Å². The third kappa shape index (κ3) is 4.85. The van der Waals surface area contributed by atoms with Gasteiger partial charge in [-0.3, -0.25) is 0 Å². The molecule has 1 aromatic rings. The quantitative estimate of drug-likeness (QED) is 0.725. The van der Waals surface area contributed by atoms with Crippen LogP contribution in [0.4, 0.5) is 0 Å². The molecule has 4 nitrogen and oxygen atoms in total. The van der Waals surface area contributed by atoms with Gasteiger partial charge in [-0.1, -0.05) is 26.8 Å². The van der Waals surface area contributed by atoms with Crippen molar-refractivity contribution in [2.24, 2.45) is 5.73 Å². The molecule has 142 valence electrons. The summed E-state index contributed by atoms with van der Waals surface area (Å²) in [5.41, 5.74) is 10.2. The number of ether oxygens (including phenoxy) is 1. The Balaban J connectivity index is 1.88. The fourth-order valence-corrected chi connectivity index (χ4v) is 3.96. The molecule has 3 N–H and O–H groups in total. The van der Waals surface area contributed by atoms with Gasteiger partial charge < -0.3 is 20.0 Å². The summed E-state index contributed by atoms with van der Waals surface area (Å²) < 4.78 is 12.0. The van der Waals surface area contributed by atoms with E-state index in [1.807, 2.05) is 6.07 Å². The summed E-state index contributed by atoms with van der Waals surface area (Å²) in [6.45, 7) is 13.7. The van der Waals surface area contributed by atoms with E-state index in [1.54, 1.807) is 0 Å². The lowest BCUT2D eigenvalue weighted by Crippen LogP contribution is -2.48. The van der Waals surface area contributed by atoms with Gasteiger partial charge >= 0.3 is 0 Å². The minimum Gasteiger partial charge on any atom is -0.491 e. The SMILES string of the molecule is Cc1ccc(OC[C@@H](O)[C@@H](N)CO[Si](C)(C)C(C)(C)C)c2c1CCC2. The molecular weight excluding hydrogens is 330 g/mol. The fourth-order valence-electron chi connectivity index (χ4n) is 2.92. The average molecular weight is 366 g/mol. The Morgan fingerprint density at radius 3 is 2.44 bits per heavy atom. The maximum Gasteiger partial charge on any atom is 0.192 e. The van der Waals surface area contributed by atoms with Gasteiger partial charge in [0.05, 0.1) is 12.6 Å². The molecule has 0 aromatic heterocycles. The zero-order valence-electron chi connectivity index (χ0n) is 16.7. The molecule has 1 aliphatic rings. The number of aliphatic hydroxyl groups is 1. The highest BCUT2D eigenvalue weighted by atomic mass is 28.4. The molecule has 0 bridgehead atoms. The van der Waals surface area contributed by atoms with E-state index in [9.17, 15) is 5.11 Å². The van der Waals surface area contributed by atoms with Crippen molar-refractivity contribution in [3.05, 3.63) is 28.8 Å². The van der Waals surface area contributed by atoms with Gasteiger partial charge in [-0.25, -0.2) is 0 Å². The third-order valence-corrected chi connectivity index (χ3v) is 10.3. The van der Waals surface area contributed by atoms with Crippen LogP contribution in [0, 0.1) is 6.92 Å². The van der Waals surface area contributed by atoms with Gasteiger partial charge in [-0.2, -0.15) is 0 Å². The van der Waals surface area contributed by atoms with Crippen molar-refractivity contribution in [1.29, 1.82) is 0 Å². The molecule has 0 unspecified atom stereocenters. The van der Waals surface area contributed by atoms with Crippen molar-refractivity contribution in [2.45, 2.75) is 77.2 Å². The number of rotatable bonds is 7. The summed E-state index contributed by atoms with van der Waals surface area (Å²) in [4.78, 5) is 0. The lowest BCUT2D eigenvalue weighted by Gasteiger charge is -2.37. The van der Waals surface area contributed by atoms with Crippen LogP contribution in [0.15, 0.2) is 12.1 Å². The van der Waals surface area contributed by atoms with E-state index in [4.69, 9.17) is 14.9 Å². The predicted molar refractivity (Wildman–Crippen MR) is 106 cm³/mol. The number of aryl methyl sites for hydroxylation is 1. The number of hydrogen-bond acceptors (Lipinski definition) is 4. The fraction of sp³-hybridized carbons (Fsp3) is 0.700. The zero-order chi connectivity index (χ0) is 18.8. The highest BCUT2D eigenvalue weighted by molar-refractivity contribution is 6.74. The van der Waals surface area contributed by atoms with Crippen LogP contribution >= 0.6 is 0 Å². The molecule has 0 saturated carbocycles. The van der Waals surface area contributed by atoms with Crippen LogP contribution in [0.3, 0.4) is 0 Å². The molecule has 1 aliphatic carbocycles. The normalized spacial score (nSPS) is 17.3. The lowest BCUT2D eigenvalue weighted by atomic mass is 10.0. The van der Waals surface area contributed by atoms with Gasteiger partial charge in [0.1, 0.15) is 18.5 Å². The van der Waals surface area contributed by atoms with E-state index in [1.165, 1.54) is 23.1 Å². The molecular formula is C20H35NO3Si. The van der Waals surface area contributed by atoms with Crippen LogP contribution in [-0.4, -0.2) is 38.8 Å². The Morgan fingerprint density at radius 1 is 1.16 bits per heavy atom. The van der Waals surface area contributed by atoms with Gasteiger partial charge in [-0.05, 0) is 67.1 Å². The van der Waals surface area contributed by atoms with Crippen molar-refractivity contribution in [3.63, 3.8) is 0 Å². The van der Waals surface area contributed by atoms with Crippen molar-refractivity contribution < 1.29 is 14.3 Å². The van der Waals surface area contributed by atoms with E-state index in [-0.39, 0.29) is 11.6 Å². The summed E-state index contributed by atoms with van der Waals surface area (Å²) >= 11 is 0. The van der Waals surface area contributed by atoms with Gasteiger partial charge in [0, 0.05) is 0 Å². The smallest absolute Gasteiger partial charge is 0.192 e. The summed E-state index contributed by atoms with van der Waals surface area (Å²) in [5.74, 6) is 0.898. The van der Waals surface area contributed by atoms with Crippen LogP contribution in [-0.2, 0) is 17.3 Å². The van der Waals surface area contributed by atoms with Crippen molar-refractivity contribution in [1.82, 2.24) is 0 Å². The van der Waals surface area contributed by atoms with Crippen molar-refractivity contribution >= 4 is 8.32 Å². The Labute approximate surface area is 153 Å². The molecule has 0 fully saturated rings. The highest BCUT2D eigenvalue weighted by Gasteiger charge is 2.37. The largest absolute Gasteiger partial charge is 0.491 e. The van der Waals surface area contributed by atoms with Gasteiger partial charge in [0.25, 0.3) is 0 Å². The monoisotopic (exact) mass is 365 g/mol. The first kappa shape index (κ1) is 20.4. The molecule has 0 amide bonds. The number of hydrogen-bond donors (Lipinski definition) is 2. The molecule has 1 aromatic carbocycles. The molecule has 5 heteroatoms. The van der Waals surface area contributed by atoms with E-state index in [0.29, 0.717) is 6.61 Å². The second kappa shape index (κ2) is 7.78. The Morgan fingerprint density at radius 2 is 1.80 bits per heavy atom. The standard InChI is InChI=1S/C20H35NO3Si/c1-14-10-11-19(16-9-7-8-15(14)16)23-13-18(22)17(21)12-24-25(5,6)20(2,3)4/h10-11,17-18,22H,7-9,12-13,21H2,1-6H3/t17-,18+/m0/s1. The van der Waals surface area contributed by atoms with Gasteiger partial charge in [0.15, 0.2) is 8.32 Å². The Bertz CT molecular complexity index is 595. The molecule has 2 rings (SSSR count). The minimum atomic E-state index is -1.85. The van der Waals surface area contributed by atoms with Crippen LogP contribution in [0.25, 0.3) is 0 Å². The number of nitrogens with two attached hydrogens (primary N) is 1. The van der Waals surface area contributed by atoms with E-state index < -0.39 is 20.5 Å². The Hall–Kier alpha value is -0.883. The maximum atomic E-state index is 10.4. The van der Waals surface area contributed by atoms with E-state index in [2.05, 4.69) is 46.9 Å². The van der Waals surface area contributed by atoms with Gasteiger partial charge in [-0.15, -0.1) is 0 Å². The topological polar surface area (TPSA) is 64.7 Å². The summed E-state index contributed by atoms with van der Waals surface area (Å²) in [6.07, 6.45) is 2.63. The summed E-state index contributed by atoms with van der Waals surface area (Å²) in [7, 11) is -1.85. The second-order valence-corrected chi connectivity index (χ2v) is 13.6. The Kier molecular flexibility index (Phi) is 6.36. The number of benzene rings is 1. The predicted octanol–water partition coefficient (Wildman–Crippen LogP) is 3.57. The average Bonchev–Trinajstić information content (AvgIpc) is 3.01. The summed E-state index contributed by atoms with van der Waals surface area (Å²) in [6, 6.07) is 3.68. The zero-order valence-corrected chi connectivity index (χ0v) is 17.7. The van der Waals surface area contributed by atoms with Crippen LogP contribution < -0.4 is 10.5 Å². The van der Waals surface area contributed by atoms with Crippen molar-refractivity contribution in [3.8, 4) is 5.75 Å². The number of aliphatic hydroxyl groups excluding tert-OH is 1. The lowest BCUT2D eigenvalue weighted by molar-refractivity contribution is 0.0656. The summed E-state index contributed by atoms with van der Waals surface area (Å²) in [5, 5.41) is 10.5. The second-order valence-electron chi connectivity index (χ2n) is 8.80. The maximum absolute atomic E-state index is 10.4. The highest BCUT2D eigenvalue weighted by Crippen LogP contribution is 2.36. The van der Waals surface area contributed by atoms with E-state index >= 15 is 0 Å².